The summed E-state index contributed by atoms with van der Waals surface area (Å²) < 4.78 is 0. The monoisotopic (exact) mass is 770 g/mol. The Morgan fingerprint density at radius 1 is 0.517 bits per heavy atom. The highest BCUT2D eigenvalue weighted by atomic mass is 16.2. The van der Waals surface area contributed by atoms with Gasteiger partial charge in [0.15, 0.2) is 0 Å². The Hall–Kier alpha value is -6.82. The van der Waals surface area contributed by atoms with Crippen molar-refractivity contribution in [2.75, 3.05) is 31.9 Å². The topological polar surface area (TPSA) is 158 Å². The van der Waals surface area contributed by atoms with E-state index < -0.39 is 0 Å². The van der Waals surface area contributed by atoms with E-state index in [-0.39, 0.29) is 11.8 Å². The van der Waals surface area contributed by atoms with Gasteiger partial charge >= 0.3 is 0 Å². The molecule has 0 radical (unpaired) electrons. The number of benzene rings is 4. The predicted octanol–water partition coefficient (Wildman–Crippen LogP) is 7.99. The normalized spacial score (nSPS) is 15.4. The molecule has 6 N–H and O–H groups in total. The highest BCUT2D eigenvalue weighted by molar-refractivity contribution is 5.95. The smallest absolute Gasteiger partial charge is 0.229 e. The number of hydrogen-bond donors (Lipinski definition) is 6. The van der Waals surface area contributed by atoms with Crippen molar-refractivity contribution in [1.29, 1.82) is 0 Å². The Morgan fingerprint density at radius 2 is 0.983 bits per heavy atom. The van der Waals surface area contributed by atoms with Crippen LogP contribution in [0.1, 0.15) is 57.3 Å². The lowest BCUT2D eigenvalue weighted by Gasteiger charge is -2.18. The molecule has 12 heteroatoms. The molecule has 0 bridgehead atoms. The van der Waals surface area contributed by atoms with Crippen LogP contribution < -0.4 is 31.9 Å². The summed E-state index contributed by atoms with van der Waals surface area (Å²) in [5, 5.41) is 19.6. The molecule has 292 valence electrons. The van der Waals surface area contributed by atoms with E-state index in [1.807, 2.05) is 50.5 Å². The first-order valence-corrected chi connectivity index (χ1v) is 20.0. The molecule has 4 aromatic carbocycles. The molecule has 58 heavy (non-hydrogen) atoms. The molecule has 2 amide bonds. The van der Waals surface area contributed by atoms with Gasteiger partial charge < -0.3 is 31.9 Å². The number of fused-ring (bicyclic) bond motifs is 4. The van der Waals surface area contributed by atoms with E-state index >= 15 is 0 Å². The number of aryl methyl sites for hydroxylation is 4. The third kappa shape index (κ3) is 8.31. The summed E-state index contributed by atoms with van der Waals surface area (Å²) in [6, 6.07) is 29.8. The maximum atomic E-state index is 11.5. The van der Waals surface area contributed by atoms with Gasteiger partial charge in [-0.15, -0.1) is 0 Å². The quantitative estimate of drug-likeness (QED) is 0.0897. The lowest BCUT2D eigenvalue weighted by Crippen LogP contribution is -2.21. The van der Waals surface area contributed by atoms with Crippen LogP contribution in [0.15, 0.2) is 97.3 Å². The Kier molecular flexibility index (Phi) is 10.1. The molecule has 0 saturated carbocycles. The Balaban J connectivity index is 0.000000150. The maximum absolute atomic E-state index is 11.5. The minimum Gasteiger partial charge on any atom is -0.366 e. The van der Waals surface area contributed by atoms with Crippen molar-refractivity contribution >= 4 is 58.1 Å². The number of aromatic nitrogens is 4. The van der Waals surface area contributed by atoms with Gasteiger partial charge in [-0.25, -0.2) is 9.97 Å². The van der Waals surface area contributed by atoms with Gasteiger partial charge in [0.1, 0.15) is 11.6 Å². The van der Waals surface area contributed by atoms with Gasteiger partial charge in [-0.05, 0) is 122 Å². The van der Waals surface area contributed by atoms with E-state index in [9.17, 15) is 9.59 Å². The Morgan fingerprint density at radius 3 is 1.53 bits per heavy atom. The van der Waals surface area contributed by atoms with Crippen LogP contribution >= 0.6 is 0 Å². The summed E-state index contributed by atoms with van der Waals surface area (Å²) in [5.74, 6) is 3.01. The van der Waals surface area contributed by atoms with Gasteiger partial charge in [-0.3, -0.25) is 9.59 Å². The van der Waals surface area contributed by atoms with Crippen LogP contribution in [0.25, 0.3) is 0 Å². The van der Waals surface area contributed by atoms with Gasteiger partial charge in [-0.1, -0.05) is 48.5 Å². The van der Waals surface area contributed by atoms with Crippen molar-refractivity contribution in [3.05, 3.63) is 142 Å². The molecule has 4 heterocycles. The van der Waals surface area contributed by atoms with Crippen LogP contribution in [0.5, 0.6) is 0 Å². The van der Waals surface area contributed by atoms with Gasteiger partial charge in [0.25, 0.3) is 0 Å². The summed E-state index contributed by atoms with van der Waals surface area (Å²) in [7, 11) is 0. The summed E-state index contributed by atoms with van der Waals surface area (Å²) >= 11 is 0. The largest absolute Gasteiger partial charge is 0.366 e. The fourth-order valence-corrected chi connectivity index (χ4v) is 8.17. The summed E-state index contributed by atoms with van der Waals surface area (Å²) in [5.41, 5.74) is 13.6. The van der Waals surface area contributed by atoms with Crippen molar-refractivity contribution in [1.82, 2.24) is 19.9 Å². The number of rotatable bonds is 8. The van der Waals surface area contributed by atoms with Gasteiger partial charge in [0.2, 0.25) is 23.7 Å². The second kappa shape index (κ2) is 16.0. The second-order valence-corrected chi connectivity index (χ2v) is 15.6. The number of carbonyl (C=O) groups is 2. The van der Waals surface area contributed by atoms with E-state index in [1.165, 1.54) is 22.3 Å². The third-order valence-corrected chi connectivity index (χ3v) is 11.2. The number of carbonyl (C=O) groups excluding carboxylic acids is 2. The lowest BCUT2D eigenvalue weighted by molar-refractivity contribution is -0.117. The molecule has 2 aromatic heterocycles. The first-order valence-electron chi connectivity index (χ1n) is 20.0. The molecule has 0 spiro atoms. The molecule has 2 aliphatic carbocycles. The predicted molar refractivity (Wildman–Crippen MR) is 229 cm³/mol. The lowest BCUT2D eigenvalue weighted by atomic mass is 10.0. The van der Waals surface area contributed by atoms with Crippen LogP contribution in [0.3, 0.4) is 0 Å². The Bertz CT molecular complexity index is 2490. The molecule has 10 rings (SSSR count). The highest BCUT2D eigenvalue weighted by Crippen LogP contribution is 2.31. The average molecular weight is 771 g/mol. The van der Waals surface area contributed by atoms with Crippen molar-refractivity contribution in [2.45, 2.75) is 77.3 Å². The molecule has 0 saturated heterocycles. The molecular weight excluding hydrogens is 725 g/mol. The zero-order valence-electron chi connectivity index (χ0n) is 32.7. The van der Waals surface area contributed by atoms with Crippen LogP contribution in [-0.4, -0.2) is 43.8 Å². The van der Waals surface area contributed by atoms with Crippen molar-refractivity contribution in [2.24, 2.45) is 0 Å². The van der Waals surface area contributed by atoms with E-state index in [0.717, 1.165) is 95.2 Å². The molecule has 0 fully saturated rings. The van der Waals surface area contributed by atoms with E-state index in [2.05, 4.69) is 103 Å². The molecule has 6 aromatic rings. The summed E-state index contributed by atoms with van der Waals surface area (Å²) in [6.07, 6.45) is 10.3. The number of amides is 2. The van der Waals surface area contributed by atoms with Crippen molar-refractivity contribution in [3.8, 4) is 0 Å². The van der Waals surface area contributed by atoms with E-state index in [0.29, 0.717) is 36.8 Å². The fraction of sp³-hybridized carbons (Fsp3) is 0.261. The van der Waals surface area contributed by atoms with Crippen molar-refractivity contribution < 1.29 is 9.59 Å². The van der Waals surface area contributed by atoms with Gasteiger partial charge in [0, 0.05) is 71.2 Å². The van der Waals surface area contributed by atoms with Crippen LogP contribution in [0.2, 0.25) is 0 Å². The van der Waals surface area contributed by atoms with Crippen molar-refractivity contribution in [3.63, 3.8) is 0 Å². The third-order valence-electron chi connectivity index (χ3n) is 11.2. The van der Waals surface area contributed by atoms with E-state index in [1.54, 1.807) is 0 Å². The number of anilines is 8. The van der Waals surface area contributed by atoms with E-state index in [4.69, 9.17) is 9.97 Å². The van der Waals surface area contributed by atoms with Crippen LogP contribution in [-0.2, 0) is 48.1 Å². The zero-order valence-corrected chi connectivity index (χ0v) is 32.7. The van der Waals surface area contributed by atoms with Crippen LogP contribution in [0, 0.1) is 13.8 Å². The number of hydrogen-bond acceptors (Lipinski definition) is 10. The molecular formula is C46H46N10O2. The minimum absolute atomic E-state index is 0.0739. The first-order chi connectivity index (χ1) is 28.3. The minimum atomic E-state index is 0.0739. The number of nitrogens with one attached hydrogen (secondary N) is 6. The second-order valence-electron chi connectivity index (χ2n) is 15.6. The van der Waals surface area contributed by atoms with Gasteiger partial charge in [0.05, 0.1) is 0 Å². The zero-order chi connectivity index (χ0) is 39.6. The molecule has 4 aliphatic rings. The fourth-order valence-electron chi connectivity index (χ4n) is 8.17. The number of nitrogens with zero attached hydrogens (tertiary/aromatic N) is 4. The molecule has 2 aliphatic heterocycles. The highest BCUT2D eigenvalue weighted by Gasteiger charge is 2.24. The Labute approximate surface area is 337 Å². The first kappa shape index (κ1) is 36.8. The van der Waals surface area contributed by atoms with Crippen LogP contribution in [0.4, 0.5) is 46.3 Å². The standard InChI is InChI=1S/2C23H23N5O/c1-14-13-24-23(26-18-7-8-20-17(12-18)6-9-21(29)27-20)28-22(14)25-19-10-15-4-2-3-5-16(15)11-19;1-14-13-24-23(26-19-10-15-4-2-3-5-16(15)11-19)28-22(14)25-18-7-8-20-17(12-18)6-9-21(29)27-20/h2*2-5,7-8,12-13,19H,6,9-11H2,1H3,(H,27,29)(H2,24,25,26,28). The average Bonchev–Trinajstić information content (AvgIpc) is 3.84. The van der Waals surface area contributed by atoms with Gasteiger partial charge in [-0.2, -0.15) is 9.97 Å². The summed E-state index contributed by atoms with van der Waals surface area (Å²) in [6.45, 7) is 4.02. The molecule has 0 atom stereocenters. The molecule has 0 unspecified atom stereocenters. The summed E-state index contributed by atoms with van der Waals surface area (Å²) in [4.78, 5) is 41.4. The molecule has 12 nitrogen and oxygen atoms in total. The maximum Gasteiger partial charge on any atom is 0.229 e. The SMILES string of the molecule is Cc1cnc(NC2Cc3ccccc3C2)nc1Nc1ccc2c(c1)CCC(=O)N2.Cc1cnc(Nc2ccc3c(c2)CCC(=O)N3)nc1NC1Cc2ccccc2C1.